The molecule has 92 valence electrons. The first-order valence-corrected chi connectivity index (χ1v) is 6.41. The van der Waals surface area contributed by atoms with Gasteiger partial charge in [-0.25, -0.2) is 4.98 Å². The van der Waals surface area contributed by atoms with Crippen LogP contribution >= 0.6 is 11.3 Å². The van der Waals surface area contributed by atoms with Crippen molar-refractivity contribution in [3.05, 3.63) is 6.20 Å². The molecule has 5 heteroatoms. The van der Waals surface area contributed by atoms with Crippen molar-refractivity contribution >= 4 is 21.5 Å². The molecule has 0 aliphatic heterocycles. The van der Waals surface area contributed by atoms with Crippen LogP contribution in [0.25, 0.3) is 0 Å². The van der Waals surface area contributed by atoms with E-state index < -0.39 is 0 Å². The number of hydrogen-bond donors (Lipinski definition) is 2. The van der Waals surface area contributed by atoms with E-state index in [-0.39, 0.29) is 0 Å². The predicted octanol–water partition coefficient (Wildman–Crippen LogP) is 2.11. The van der Waals surface area contributed by atoms with Crippen LogP contribution in [0.1, 0.15) is 20.3 Å². The minimum Gasteiger partial charge on any atom is -0.389 e. The number of aromatic nitrogens is 1. The zero-order valence-electron chi connectivity index (χ0n) is 10.5. The van der Waals surface area contributed by atoms with E-state index in [9.17, 15) is 0 Å². The SMILES string of the molecule is CC(C)CC(CN(C)C)Nc1ncc(N)s1. The highest BCUT2D eigenvalue weighted by molar-refractivity contribution is 7.19. The highest BCUT2D eigenvalue weighted by Crippen LogP contribution is 2.21. The van der Waals surface area contributed by atoms with Crippen LogP contribution in [0.2, 0.25) is 0 Å². The Balaban J connectivity index is 2.55. The van der Waals surface area contributed by atoms with Gasteiger partial charge in [-0.1, -0.05) is 25.2 Å². The van der Waals surface area contributed by atoms with E-state index in [0.717, 1.165) is 23.1 Å². The van der Waals surface area contributed by atoms with Crippen LogP contribution in [0, 0.1) is 5.92 Å². The van der Waals surface area contributed by atoms with Crippen LogP contribution in [0.3, 0.4) is 0 Å². The molecular weight excluding hydrogens is 220 g/mol. The molecule has 0 bridgehead atoms. The van der Waals surface area contributed by atoms with E-state index >= 15 is 0 Å². The van der Waals surface area contributed by atoms with Gasteiger partial charge in [-0.2, -0.15) is 0 Å². The summed E-state index contributed by atoms with van der Waals surface area (Å²) in [7, 11) is 4.18. The van der Waals surface area contributed by atoms with Crippen molar-refractivity contribution in [1.29, 1.82) is 0 Å². The Hall–Kier alpha value is -0.810. The van der Waals surface area contributed by atoms with Crippen molar-refractivity contribution in [3.63, 3.8) is 0 Å². The van der Waals surface area contributed by atoms with Crippen molar-refractivity contribution in [3.8, 4) is 0 Å². The quantitative estimate of drug-likeness (QED) is 0.802. The van der Waals surface area contributed by atoms with Crippen molar-refractivity contribution < 1.29 is 0 Å². The van der Waals surface area contributed by atoms with E-state index in [1.165, 1.54) is 11.3 Å². The second-order valence-electron chi connectivity index (χ2n) is 4.80. The second kappa shape index (κ2) is 6.06. The number of likely N-dealkylation sites (N-methyl/N-ethyl adjacent to an activating group) is 1. The molecule has 0 spiro atoms. The lowest BCUT2D eigenvalue weighted by atomic mass is 10.0. The number of nitrogens with one attached hydrogen (secondary N) is 1. The Bertz CT molecular complexity index is 299. The fourth-order valence-corrected chi connectivity index (χ4v) is 2.38. The molecule has 1 rings (SSSR count). The summed E-state index contributed by atoms with van der Waals surface area (Å²) in [5.41, 5.74) is 5.66. The third-order valence-electron chi connectivity index (χ3n) is 2.19. The van der Waals surface area contributed by atoms with Crippen LogP contribution in [0.5, 0.6) is 0 Å². The first-order valence-electron chi connectivity index (χ1n) is 5.60. The molecule has 0 saturated carbocycles. The Morgan fingerprint density at radius 2 is 2.19 bits per heavy atom. The number of nitrogen functional groups attached to an aromatic ring is 1. The van der Waals surface area contributed by atoms with E-state index in [1.807, 2.05) is 0 Å². The van der Waals surface area contributed by atoms with Crippen LogP contribution < -0.4 is 11.1 Å². The molecule has 1 atom stereocenters. The normalized spacial score (nSPS) is 13.4. The Morgan fingerprint density at radius 3 is 2.62 bits per heavy atom. The summed E-state index contributed by atoms with van der Waals surface area (Å²) < 4.78 is 0. The third-order valence-corrected chi connectivity index (χ3v) is 2.95. The molecule has 4 nitrogen and oxygen atoms in total. The second-order valence-corrected chi connectivity index (χ2v) is 5.86. The van der Waals surface area contributed by atoms with Gasteiger partial charge in [0.2, 0.25) is 0 Å². The molecule has 0 radical (unpaired) electrons. The summed E-state index contributed by atoms with van der Waals surface area (Å²) in [6, 6.07) is 0.431. The van der Waals surface area contributed by atoms with Gasteiger partial charge in [-0.3, -0.25) is 0 Å². The highest BCUT2D eigenvalue weighted by atomic mass is 32.1. The fraction of sp³-hybridized carbons (Fsp3) is 0.727. The average molecular weight is 242 g/mol. The number of nitrogens with two attached hydrogens (primary N) is 1. The summed E-state index contributed by atoms with van der Waals surface area (Å²) >= 11 is 1.51. The molecule has 0 amide bonds. The van der Waals surface area contributed by atoms with Gasteiger partial charge in [0.25, 0.3) is 0 Å². The molecule has 16 heavy (non-hydrogen) atoms. The van der Waals surface area contributed by atoms with Gasteiger partial charge in [0.15, 0.2) is 5.13 Å². The van der Waals surface area contributed by atoms with E-state index in [4.69, 9.17) is 5.73 Å². The monoisotopic (exact) mass is 242 g/mol. The molecule has 1 aromatic rings. The molecule has 0 aromatic carbocycles. The summed E-state index contributed by atoms with van der Waals surface area (Å²) in [4.78, 5) is 6.43. The van der Waals surface area contributed by atoms with Gasteiger partial charge in [0, 0.05) is 12.6 Å². The van der Waals surface area contributed by atoms with Crippen molar-refractivity contribution in [2.24, 2.45) is 5.92 Å². The average Bonchev–Trinajstić information content (AvgIpc) is 2.48. The highest BCUT2D eigenvalue weighted by Gasteiger charge is 2.13. The third kappa shape index (κ3) is 4.81. The molecule has 0 saturated heterocycles. The summed E-state index contributed by atoms with van der Waals surface area (Å²) in [6.45, 7) is 5.48. The lowest BCUT2D eigenvalue weighted by molar-refractivity contribution is 0.356. The maximum absolute atomic E-state index is 5.66. The summed E-state index contributed by atoms with van der Waals surface area (Å²) in [5.74, 6) is 0.676. The van der Waals surface area contributed by atoms with Gasteiger partial charge < -0.3 is 16.0 Å². The molecule has 3 N–H and O–H groups in total. The zero-order chi connectivity index (χ0) is 12.1. The number of nitrogens with zero attached hydrogens (tertiary/aromatic N) is 2. The van der Waals surface area contributed by atoms with Crippen molar-refractivity contribution in [1.82, 2.24) is 9.88 Å². The summed E-state index contributed by atoms with van der Waals surface area (Å²) in [6.07, 6.45) is 2.84. The van der Waals surface area contributed by atoms with Crippen LogP contribution in [0.15, 0.2) is 6.20 Å². The van der Waals surface area contributed by atoms with Gasteiger partial charge in [-0.15, -0.1) is 0 Å². The number of anilines is 2. The van der Waals surface area contributed by atoms with Crippen molar-refractivity contribution in [2.45, 2.75) is 26.3 Å². The Morgan fingerprint density at radius 1 is 1.50 bits per heavy atom. The predicted molar refractivity (Wildman–Crippen MR) is 71.9 cm³/mol. The van der Waals surface area contributed by atoms with Gasteiger partial charge in [-0.05, 0) is 26.4 Å². The molecular formula is C11H22N4S. The summed E-state index contributed by atoms with van der Waals surface area (Å²) in [5, 5.41) is 5.13. The van der Waals surface area contributed by atoms with Gasteiger partial charge >= 0.3 is 0 Å². The minimum absolute atomic E-state index is 0.431. The molecule has 0 aliphatic carbocycles. The topological polar surface area (TPSA) is 54.2 Å². The van der Waals surface area contributed by atoms with Crippen molar-refractivity contribution in [2.75, 3.05) is 31.7 Å². The van der Waals surface area contributed by atoms with Crippen LogP contribution in [-0.2, 0) is 0 Å². The van der Waals surface area contributed by atoms with E-state index in [1.54, 1.807) is 6.20 Å². The smallest absolute Gasteiger partial charge is 0.184 e. The molecule has 0 fully saturated rings. The lowest BCUT2D eigenvalue weighted by Crippen LogP contribution is -2.33. The minimum atomic E-state index is 0.431. The Kier molecular flexibility index (Phi) is 5.02. The maximum Gasteiger partial charge on any atom is 0.184 e. The lowest BCUT2D eigenvalue weighted by Gasteiger charge is -2.23. The van der Waals surface area contributed by atoms with Crippen LogP contribution in [-0.4, -0.2) is 36.6 Å². The zero-order valence-corrected chi connectivity index (χ0v) is 11.3. The standard InChI is InChI=1S/C11H22N4S/c1-8(2)5-9(7-15(3)4)14-11-13-6-10(12)16-11/h6,8-9H,5,7,12H2,1-4H3,(H,13,14). The molecule has 1 heterocycles. The number of hydrogen-bond acceptors (Lipinski definition) is 5. The first-order chi connectivity index (χ1) is 7.47. The molecule has 1 unspecified atom stereocenters. The number of thiazole rings is 1. The molecule has 1 aromatic heterocycles. The van der Waals surface area contributed by atoms with Gasteiger partial charge in [0.05, 0.1) is 6.20 Å². The fourth-order valence-electron chi connectivity index (χ4n) is 1.72. The Labute approximate surface area is 102 Å². The van der Waals surface area contributed by atoms with E-state index in [0.29, 0.717) is 12.0 Å². The van der Waals surface area contributed by atoms with E-state index in [2.05, 4.69) is 43.1 Å². The first kappa shape index (κ1) is 13.3. The van der Waals surface area contributed by atoms with Gasteiger partial charge in [0.1, 0.15) is 5.00 Å². The van der Waals surface area contributed by atoms with Crippen LogP contribution in [0.4, 0.5) is 10.1 Å². The number of rotatable bonds is 6. The molecule has 0 aliphatic rings. The largest absolute Gasteiger partial charge is 0.389 e. The maximum atomic E-state index is 5.66.